The van der Waals surface area contributed by atoms with Gasteiger partial charge in [0.05, 0.1) is 0 Å². The lowest BCUT2D eigenvalue weighted by Crippen LogP contribution is -2.02. The number of anilines is 1. The van der Waals surface area contributed by atoms with Gasteiger partial charge in [0, 0.05) is 19.5 Å². The lowest BCUT2D eigenvalue weighted by atomic mass is 10.0. The van der Waals surface area contributed by atoms with Crippen LogP contribution in [0.15, 0.2) is 30.3 Å². The Bertz CT molecular complexity index is 559. The van der Waals surface area contributed by atoms with Gasteiger partial charge in [0.1, 0.15) is 17.4 Å². The Morgan fingerprint density at radius 3 is 2.60 bits per heavy atom. The summed E-state index contributed by atoms with van der Waals surface area (Å²) in [6.45, 7) is 6.33. The number of para-hydroxylation sites is 1. The van der Waals surface area contributed by atoms with E-state index in [1.54, 1.807) is 0 Å². The van der Waals surface area contributed by atoms with Gasteiger partial charge in [-0.25, -0.2) is 4.98 Å². The highest BCUT2D eigenvalue weighted by Gasteiger charge is 2.10. The molecule has 0 radical (unpaired) electrons. The second-order valence-electron chi connectivity index (χ2n) is 4.91. The molecule has 0 atom stereocenters. The first-order chi connectivity index (χ1) is 9.63. The molecule has 0 bridgehead atoms. The Hall–Kier alpha value is -2.10. The van der Waals surface area contributed by atoms with Crippen LogP contribution in [0.4, 0.5) is 5.82 Å². The fraction of sp³-hybridized carbons (Fsp3) is 0.375. The average molecular weight is 271 g/mol. The molecule has 0 fully saturated rings. The molecule has 1 aromatic carbocycles. The first-order valence-electron chi connectivity index (χ1n) is 6.96. The molecule has 0 aliphatic carbocycles. The van der Waals surface area contributed by atoms with E-state index in [-0.39, 0.29) is 0 Å². The SMILES string of the molecule is CCc1nc(NC)cc(Oc2ccccc2C(C)C)n1. The van der Waals surface area contributed by atoms with Crippen LogP contribution >= 0.6 is 0 Å². The van der Waals surface area contributed by atoms with Gasteiger partial charge in [-0.2, -0.15) is 4.98 Å². The minimum atomic E-state index is 0.405. The number of nitrogens with zero attached hydrogens (tertiary/aromatic N) is 2. The molecule has 0 aliphatic rings. The summed E-state index contributed by atoms with van der Waals surface area (Å²) >= 11 is 0. The van der Waals surface area contributed by atoms with Gasteiger partial charge >= 0.3 is 0 Å². The average Bonchev–Trinajstić information content (AvgIpc) is 2.47. The van der Waals surface area contributed by atoms with Crippen LogP contribution in [0.5, 0.6) is 11.6 Å². The van der Waals surface area contributed by atoms with Gasteiger partial charge in [0.25, 0.3) is 0 Å². The normalized spacial score (nSPS) is 10.7. The van der Waals surface area contributed by atoms with Crippen LogP contribution in [-0.4, -0.2) is 17.0 Å². The van der Waals surface area contributed by atoms with Crippen molar-refractivity contribution in [2.45, 2.75) is 33.1 Å². The van der Waals surface area contributed by atoms with E-state index in [0.717, 1.165) is 23.8 Å². The third kappa shape index (κ3) is 3.26. The molecule has 0 saturated heterocycles. The minimum absolute atomic E-state index is 0.405. The monoisotopic (exact) mass is 271 g/mol. The topological polar surface area (TPSA) is 47.0 Å². The van der Waals surface area contributed by atoms with Crippen molar-refractivity contribution < 1.29 is 4.74 Å². The highest BCUT2D eigenvalue weighted by molar-refractivity contribution is 5.42. The maximum absolute atomic E-state index is 5.96. The van der Waals surface area contributed by atoms with Crippen LogP contribution < -0.4 is 10.1 Å². The van der Waals surface area contributed by atoms with Crippen molar-refractivity contribution in [2.24, 2.45) is 0 Å². The van der Waals surface area contributed by atoms with E-state index < -0.39 is 0 Å². The van der Waals surface area contributed by atoms with Gasteiger partial charge in [-0.3, -0.25) is 0 Å². The third-order valence-electron chi connectivity index (χ3n) is 3.08. The molecule has 0 unspecified atom stereocenters. The molecule has 4 heteroatoms. The molecular formula is C16H21N3O. The standard InChI is InChI=1S/C16H21N3O/c1-5-14-18-15(17-4)10-16(19-14)20-13-9-7-6-8-12(13)11(2)3/h6-11H,5H2,1-4H3,(H,17,18,19). The molecule has 1 N–H and O–H groups in total. The molecule has 0 spiro atoms. The summed E-state index contributed by atoms with van der Waals surface area (Å²) in [5.41, 5.74) is 1.18. The Labute approximate surface area is 120 Å². The van der Waals surface area contributed by atoms with Crippen molar-refractivity contribution in [3.8, 4) is 11.6 Å². The zero-order valence-corrected chi connectivity index (χ0v) is 12.5. The van der Waals surface area contributed by atoms with E-state index in [2.05, 4.69) is 35.2 Å². The van der Waals surface area contributed by atoms with E-state index >= 15 is 0 Å². The molecule has 106 valence electrons. The summed E-state index contributed by atoms with van der Waals surface area (Å²) in [7, 11) is 1.84. The van der Waals surface area contributed by atoms with E-state index in [4.69, 9.17) is 4.74 Å². The lowest BCUT2D eigenvalue weighted by molar-refractivity contribution is 0.451. The maximum atomic E-state index is 5.96. The first kappa shape index (κ1) is 14.3. The molecule has 0 aliphatic heterocycles. The van der Waals surface area contributed by atoms with Gasteiger partial charge in [-0.15, -0.1) is 0 Å². The largest absolute Gasteiger partial charge is 0.439 e. The van der Waals surface area contributed by atoms with Crippen molar-refractivity contribution in [2.75, 3.05) is 12.4 Å². The number of benzene rings is 1. The van der Waals surface area contributed by atoms with Crippen molar-refractivity contribution in [1.82, 2.24) is 9.97 Å². The molecular weight excluding hydrogens is 250 g/mol. The second-order valence-corrected chi connectivity index (χ2v) is 4.91. The molecule has 0 saturated carbocycles. The zero-order valence-electron chi connectivity index (χ0n) is 12.5. The summed E-state index contributed by atoms with van der Waals surface area (Å²) in [6, 6.07) is 9.88. The fourth-order valence-corrected chi connectivity index (χ4v) is 1.97. The van der Waals surface area contributed by atoms with E-state index in [1.165, 1.54) is 5.56 Å². The quantitative estimate of drug-likeness (QED) is 0.893. The fourth-order valence-electron chi connectivity index (χ4n) is 1.97. The predicted molar refractivity (Wildman–Crippen MR) is 81.6 cm³/mol. The van der Waals surface area contributed by atoms with Crippen molar-refractivity contribution >= 4 is 5.82 Å². The van der Waals surface area contributed by atoms with Gasteiger partial charge < -0.3 is 10.1 Å². The third-order valence-corrected chi connectivity index (χ3v) is 3.08. The van der Waals surface area contributed by atoms with E-state index in [9.17, 15) is 0 Å². The number of aromatic nitrogens is 2. The summed E-state index contributed by atoms with van der Waals surface area (Å²) in [5, 5.41) is 3.03. The van der Waals surface area contributed by atoms with Crippen LogP contribution in [0.25, 0.3) is 0 Å². The highest BCUT2D eigenvalue weighted by Crippen LogP contribution is 2.30. The van der Waals surface area contributed by atoms with Crippen LogP contribution in [0, 0.1) is 0 Å². The molecule has 20 heavy (non-hydrogen) atoms. The molecule has 1 heterocycles. The number of rotatable bonds is 5. The van der Waals surface area contributed by atoms with Gasteiger partial charge in [-0.1, -0.05) is 39.0 Å². The molecule has 2 rings (SSSR count). The van der Waals surface area contributed by atoms with E-state index in [1.807, 2.05) is 38.2 Å². The Morgan fingerprint density at radius 2 is 1.95 bits per heavy atom. The number of hydrogen-bond donors (Lipinski definition) is 1. The Balaban J connectivity index is 2.34. The van der Waals surface area contributed by atoms with Gasteiger partial charge in [0.2, 0.25) is 5.88 Å². The summed E-state index contributed by atoms with van der Waals surface area (Å²) in [4.78, 5) is 8.79. The molecule has 0 amide bonds. The Kier molecular flexibility index (Phi) is 4.56. The van der Waals surface area contributed by atoms with Crippen molar-refractivity contribution in [1.29, 1.82) is 0 Å². The zero-order chi connectivity index (χ0) is 14.5. The van der Waals surface area contributed by atoms with Crippen LogP contribution in [0.1, 0.15) is 38.1 Å². The highest BCUT2D eigenvalue weighted by atomic mass is 16.5. The maximum Gasteiger partial charge on any atom is 0.224 e. The van der Waals surface area contributed by atoms with Crippen molar-refractivity contribution in [3.63, 3.8) is 0 Å². The summed E-state index contributed by atoms with van der Waals surface area (Å²) in [5.74, 6) is 3.38. The molecule has 4 nitrogen and oxygen atoms in total. The molecule has 2 aromatic rings. The smallest absolute Gasteiger partial charge is 0.224 e. The number of nitrogens with one attached hydrogen (secondary N) is 1. The van der Waals surface area contributed by atoms with Crippen molar-refractivity contribution in [3.05, 3.63) is 41.7 Å². The number of aryl methyl sites for hydroxylation is 1. The number of hydrogen-bond acceptors (Lipinski definition) is 4. The Morgan fingerprint density at radius 1 is 1.20 bits per heavy atom. The minimum Gasteiger partial charge on any atom is -0.439 e. The summed E-state index contributed by atoms with van der Waals surface area (Å²) in [6.07, 6.45) is 0.776. The lowest BCUT2D eigenvalue weighted by Gasteiger charge is -2.13. The van der Waals surface area contributed by atoms with E-state index in [0.29, 0.717) is 11.8 Å². The molecule has 1 aromatic heterocycles. The van der Waals surface area contributed by atoms with Crippen LogP contribution in [-0.2, 0) is 6.42 Å². The van der Waals surface area contributed by atoms with Crippen LogP contribution in [0.3, 0.4) is 0 Å². The van der Waals surface area contributed by atoms with Gasteiger partial charge in [0.15, 0.2) is 0 Å². The second kappa shape index (κ2) is 6.37. The van der Waals surface area contributed by atoms with Gasteiger partial charge in [-0.05, 0) is 17.5 Å². The predicted octanol–water partition coefficient (Wildman–Crippen LogP) is 4.00. The first-order valence-corrected chi connectivity index (χ1v) is 6.96. The van der Waals surface area contributed by atoms with Crippen LogP contribution in [0.2, 0.25) is 0 Å². The number of ether oxygens (including phenoxy) is 1. The summed E-state index contributed by atoms with van der Waals surface area (Å²) < 4.78 is 5.96.